The van der Waals surface area contributed by atoms with Crippen LogP contribution in [0.4, 0.5) is 0 Å². The molecular formula is CH14AlBSiTi. The Hall–Kier alpha value is 1.53. The van der Waals surface area contributed by atoms with Crippen molar-refractivity contribution in [3.05, 3.63) is 0 Å². The maximum absolute atomic E-state index is 0. The van der Waals surface area contributed by atoms with Crippen molar-refractivity contribution < 1.29 is 21.7 Å². The largest absolute Gasteiger partial charge is 0.187 e. The molecule has 5 heavy (non-hydrogen) atoms. The third-order valence-electron chi connectivity index (χ3n) is 0. The van der Waals surface area contributed by atoms with Gasteiger partial charge in [0.1, 0.15) is 0 Å². The Morgan fingerprint density at radius 1 is 1.00 bits per heavy atom. The molecule has 0 spiro atoms. The van der Waals surface area contributed by atoms with E-state index in [1.165, 1.54) is 0 Å². The molecule has 0 N–H and O–H groups in total. The molecule has 0 amide bonds. The summed E-state index contributed by atoms with van der Waals surface area (Å²) in [5.41, 5.74) is 0. The summed E-state index contributed by atoms with van der Waals surface area (Å²) in [6, 6.07) is 0. The second-order valence-electron chi connectivity index (χ2n) is 0. The summed E-state index contributed by atoms with van der Waals surface area (Å²) in [5, 5.41) is 0. The van der Waals surface area contributed by atoms with Crippen molar-refractivity contribution in [2.75, 3.05) is 0 Å². The zero-order valence-corrected chi connectivity index (χ0v) is 2.06. The van der Waals surface area contributed by atoms with Gasteiger partial charge in [-0.3, -0.25) is 0 Å². The summed E-state index contributed by atoms with van der Waals surface area (Å²) in [5.74, 6) is 0. The molecule has 32 valence electrons. The van der Waals surface area contributed by atoms with Gasteiger partial charge >= 0.3 is 0 Å². The molecule has 0 fully saturated rings. The SMILES string of the molecule is B.C.[AlH3].[SiH4].[Ti]. The fourth-order valence-corrected chi connectivity index (χ4v) is 0. The molecule has 0 saturated heterocycles. The van der Waals surface area contributed by atoms with Crippen LogP contribution < -0.4 is 0 Å². The van der Waals surface area contributed by atoms with E-state index < -0.39 is 0 Å². The maximum atomic E-state index is 0. The summed E-state index contributed by atoms with van der Waals surface area (Å²) in [6.45, 7) is 0. The predicted molar refractivity (Wildman–Crippen MR) is 37.9 cm³/mol. The molecule has 0 unspecified atom stereocenters. The summed E-state index contributed by atoms with van der Waals surface area (Å²) in [4.78, 5) is 0. The monoisotopic (exact) mass is 140 g/mol. The first-order valence-electron chi connectivity index (χ1n) is 0. The van der Waals surface area contributed by atoms with Gasteiger partial charge in [-0.1, -0.05) is 7.43 Å². The number of hydrogen-bond acceptors (Lipinski definition) is 0. The molecule has 0 heterocycles. The Kier molecular flexibility index (Phi) is 829. The minimum Gasteiger partial charge on any atom is -0.0776 e. The van der Waals surface area contributed by atoms with Crippen molar-refractivity contribution in [2.45, 2.75) is 7.43 Å². The summed E-state index contributed by atoms with van der Waals surface area (Å²) < 4.78 is 0. The van der Waals surface area contributed by atoms with Gasteiger partial charge in [0.2, 0.25) is 0 Å². The zero-order chi connectivity index (χ0) is 0. The smallest absolute Gasteiger partial charge is 0.0776 e. The van der Waals surface area contributed by atoms with Crippen molar-refractivity contribution in [3.8, 4) is 0 Å². The molecule has 0 bridgehead atoms. The van der Waals surface area contributed by atoms with E-state index in [4.69, 9.17) is 0 Å². The fourth-order valence-electron chi connectivity index (χ4n) is 0. The van der Waals surface area contributed by atoms with Crippen molar-refractivity contribution >= 4 is 36.7 Å². The maximum Gasteiger partial charge on any atom is 0.187 e. The predicted octanol–water partition coefficient (Wildman–Crippen LogP) is -3.19. The minimum atomic E-state index is 0. The van der Waals surface area contributed by atoms with Crippen LogP contribution in [-0.4, -0.2) is 36.7 Å². The van der Waals surface area contributed by atoms with Gasteiger partial charge in [0.25, 0.3) is 0 Å². The van der Waals surface area contributed by atoms with Crippen LogP contribution in [0.3, 0.4) is 0 Å². The van der Waals surface area contributed by atoms with Gasteiger partial charge in [-0.25, -0.2) is 0 Å². The van der Waals surface area contributed by atoms with Gasteiger partial charge in [-0.05, 0) is 11.0 Å². The van der Waals surface area contributed by atoms with Gasteiger partial charge in [0.05, 0.1) is 8.41 Å². The van der Waals surface area contributed by atoms with Crippen molar-refractivity contribution in [3.63, 3.8) is 0 Å². The summed E-state index contributed by atoms with van der Waals surface area (Å²) in [6.07, 6.45) is 0. The molecule has 0 radical (unpaired) electrons. The Morgan fingerprint density at radius 2 is 1.00 bits per heavy atom. The van der Waals surface area contributed by atoms with Gasteiger partial charge in [0, 0.05) is 21.7 Å². The molecule has 0 aromatic heterocycles. The third-order valence-corrected chi connectivity index (χ3v) is 0. The minimum absolute atomic E-state index is 0. The zero-order valence-electron chi connectivity index (χ0n) is 0.500. The second-order valence-corrected chi connectivity index (χ2v) is 0. The van der Waals surface area contributed by atoms with E-state index in [9.17, 15) is 0 Å². The molecule has 0 aliphatic rings. The molecule has 0 atom stereocenters. The van der Waals surface area contributed by atoms with Crippen LogP contribution in [0.15, 0.2) is 0 Å². The van der Waals surface area contributed by atoms with E-state index in [1.807, 2.05) is 0 Å². The van der Waals surface area contributed by atoms with E-state index in [2.05, 4.69) is 0 Å². The first-order chi connectivity index (χ1) is 0. The van der Waals surface area contributed by atoms with Gasteiger partial charge in [-0.15, -0.1) is 0 Å². The number of rotatable bonds is 0. The molecule has 0 aliphatic heterocycles. The van der Waals surface area contributed by atoms with E-state index >= 15 is 0 Å². The average Bonchev–Trinajstić information content (AvgIpc) is 0. The topological polar surface area (TPSA) is 0 Å². The number of hydrogen-bond donors (Lipinski definition) is 0. The average molecular weight is 140 g/mol. The molecule has 4 heteroatoms. The van der Waals surface area contributed by atoms with Gasteiger partial charge in [-0.2, -0.15) is 0 Å². The normalized spacial score (nSPS) is 0. The van der Waals surface area contributed by atoms with Crippen molar-refractivity contribution in [1.29, 1.82) is 0 Å². The summed E-state index contributed by atoms with van der Waals surface area (Å²) in [7, 11) is 0. The Labute approximate surface area is 65.7 Å². The van der Waals surface area contributed by atoms with Crippen LogP contribution in [0.5, 0.6) is 0 Å². The first-order valence-corrected chi connectivity index (χ1v) is 0. The third kappa shape index (κ3) is 29.5. The molecule has 0 saturated carbocycles. The van der Waals surface area contributed by atoms with Crippen LogP contribution in [0.2, 0.25) is 0 Å². The van der Waals surface area contributed by atoms with Crippen molar-refractivity contribution in [2.24, 2.45) is 0 Å². The molecule has 0 nitrogen and oxygen atoms in total. The Balaban J connectivity index is 0. The Bertz CT molecular complexity index is 11.6. The second kappa shape index (κ2) is 48.5. The molecule has 0 aromatic rings. The van der Waals surface area contributed by atoms with E-state index in [1.54, 1.807) is 0 Å². The molecule has 0 aromatic carbocycles. The molecule has 0 rings (SSSR count). The fraction of sp³-hybridized carbons (Fsp3) is 1.00. The quantitative estimate of drug-likeness (QED) is 0.311. The van der Waals surface area contributed by atoms with Crippen LogP contribution in [-0.2, 0) is 21.7 Å². The van der Waals surface area contributed by atoms with Crippen LogP contribution in [0.1, 0.15) is 7.43 Å². The summed E-state index contributed by atoms with van der Waals surface area (Å²) >= 11 is 0. The first kappa shape index (κ1) is 85.4. The van der Waals surface area contributed by atoms with E-state index in [0.29, 0.717) is 0 Å². The van der Waals surface area contributed by atoms with Gasteiger partial charge < -0.3 is 0 Å². The molecular weight excluding hydrogens is 126 g/mol. The van der Waals surface area contributed by atoms with E-state index in [0.717, 1.165) is 0 Å². The van der Waals surface area contributed by atoms with Crippen LogP contribution in [0, 0.1) is 0 Å². The van der Waals surface area contributed by atoms with E-state index in [-0.39, 0.29) is 65.9 Å². The van der Waals surface area contributed by atoms with Gasteiger partial charge in [0.15, 0.2) is 17.4 Å². The van der Waals surface area contributed by atoms with Crippen molar-refractivity contribution in [1.82, 2.24) is 0 Å². The van der Waals surface area contributed by atoms with Crippen LogP contribution >= 0.6 is 0 Å². The van der Waals surface area contributed by atoms with Crippen LogP contribution in [0.25, 0.3) is 0 Å². The standard InChI is InChI=1S/CH4.Al.BH3.H4Si.Ti.3H/h1H4;;1H3;1H4;;;;. The Morgan fingerprint density at radius 3 is 1.00 bits per heavy atom. The molecule has 0 aliphatic carbocycles.